The molecule has 2 heterocycles. The third kappa shape index (κ3) is 1.50. The Bertz CT molecular complexity index is 392. The Labute approximate surface area is 80.2 Å². The Hall–Kier alpha value is -1.13. The molecule has 2 aromatic heterocycles. The molecule has 13 heavy (non-hydrogen) atoms. The quantitative estimate of drug-likeness (QED) is 0.797. The number of nitrogens with zero attached hydrogens (tertiary/aromatic N) is 1. The van der Waals surface area contributed by atoms with E-state index < -0.39 is 0 Å². The van der Waals surface area contributed by atoms with Crippen LogP contribution in [0, 0.1) is 6.92 Å². The van der Waals surface area contributed by atoms with E-state index in [0.717, 1.165) is 21.3 Å². The molecule has 0 aliphatic heterocycles. The van der Waals surface area contributed by atoms with Gasteiger partial charge >= 0.3 is 0 Å². The molecule has 0 saturated heterocycles. The minimum Gasteiger partial charge on any atom is -0.463 e. The topological polar surface area (TPSA) is 52.0 Å². The van der Waals surface area contributed by atoms with E-state index in [4.69, 9.17) is 10.2 Å². The molecule has 2 N–H and O–H groups in total. The average molecular weight is 194 g/mol. The summed E-state index contributed by atoms with van der Waals surface area (Å²) in [5.74, 6) is 0.870. The Balaban J connectivity index is 2.46. The van der Waals surface area contributed by atoms with Crippen LogP contribution in [0.5, 0.6) is 0 Å². The highest BCUT2D eigenvalue weighted by molar-refractivity contribution is 7.15. The van der Waals surface area contributed by atoms with E-state index in [1.54, 1.807) is 17.6 Å². The van der Waals surface area contributed by atoms with Crippen molar-refractivity contribution >= 4 is 11.3 Å². The molecular weight excluding hydrogens is 184 g/mol. The van der Waals surface area contributed by atoms with Crippen LogP contribution in [-0.4, -0.2) is 4.98 Å². The number of thiazole rings is 1. The Morgan fingerprint density at radius 3 is 3.00 bits per heavy atom. The van der Waals surface area contributed by atoms with Gasteiger partial charge in [0.05, 0.1) is 16.8 Å². The summed E-state index contributed by atoms with van der Waals surface area (Å²) >= 11 is 1.59. The number of hydrogen-bond donors (Lipinski definition) is 1. The van der Waals surface area contributed by atoms with Crippen molar-refractivity contribution < 1.29 is 4.42 Å². The highest BCUT2D eigenvalue weighted by Gasteiger charge is 2.10. The minimum absolute atomic E-state index is 0.492. The van der Waals surface area contributed by atoms with Gasteiger partial charge < -0.3 is 10.2 Å². The number of rotatable bonds is 2. The molecular formula is C9H10N2OS. The average Bonchev–Trinajstić information content (AvgIpc) is 2.72. The Morgan fingerprint density at radius 1 is 1.62 bits per heavy atom. The van der Waals surface area contributed by atoms with E-state index >= 15 is 0 Å². The molecule has 0 aliphatic carbocycles. The predicted octanol–water partition coefficient (Wildman–Crippen LogP) is 2.17. The molecule has 0 unspecified atom stereocenters. The van der Waals surface area contributed by atoms with Crippen molar-refractivity contribution in [3.05, 3.63) is 29.1 Å². The fraction of sp³-hybridized carbons (Fsp3) is 0.222. The smallest absolute Gasteiger partial charge is 0.145 e. The first-order chi connectivity index (χ1) is 6.31. The van der Waals surface area contributed by atoms with Crippen LogP contribution in [0.3, 0.4) is 0 Å². The fourth-order valence-electron chi connectivity index (χ4n) is 1.18. The largest absolute Gasteiger partial charge is 0.463 e. The van der Waals surface area contributed by atoms with E-state index in [1.165, 1.54) is 0 Å². The molecule has 0 bridgehead atoms. The van der Waals surface area contributed by atoms with Crippen LogP contribution >= 0.6 is 11.3 Å². The van der Waals surface area contributed by atoms with Gasteiger partial charge in [0.25, 0.3) is 0 Å². The van der Waals surface area contributed by atoms with Gasteiger partial charge in [0.15, 0.2) is 0 Å². The van der Waals surface area contributed by atoms with Gasteiger partial charge in [0.1, 0.15) is 10.8 Å². The van der Waals surface area contributed by atoms with Gasteiger partial charge in [-0.3, -0.25) is 0 Å². The molecule has 0 saturated carbocycles. The molecule has 0 aromatic carbocycles. The van der Waals surface area contributed by atoms with Crippen LogP contribution < -0.4 is 5.73 Å². The van der Waals surface area contributed by atoms with Gasteiger partial charge in [-0.15, -0.1) is 11.3 Å². The van der Waals surface area contributed by atoms with E-state index in [0.29, 0.717) is 6.54 Å². The highest BCUT2D eigenvalue weighted by Crippen LogP contribution is 2.29. The van der Waals surface area contributed by atoms with Crippen LogP contribution in [0.1, 0.15) is 10.7 Å². The maximum absolute atomic E-state index is 5.50. The lowest BCUT2D eigenvalue weighted by Gasteiger charge is -1.89. The molecule has 0 aliphatic rings. The molecule has 0 radical (unpaired) electrons. The van der Waals surface area contributed by atoms with Crippen molar-refractivity contribution in [2.75, 3.05) is 0 Å². The van der Waals surface area contributed by atoms with E-state index in [-0.39, 0.29) is 0 Å². The molecule has 0 amide bonds. The Kier molecular flexibility index (Phi) is 2.16. The maximum atomic E-state index is 5.50. The second-order valence-corrected chi connectivity index (χ2v) is 3.79. The van der Waals surface area contributed by atoms with E-state index in [9.17, 15) is 0 Å². The predicted molar refractivity (Wildman–Crippen MR) is 52.4 cm³/mol. The molecule has 2 aromatic rings. The van der Waals surface area contributed by atoms with Crippen LogP contribution in [0.15, 0.2) is 22.8 Å². The van der Waals surface area contributed by atoms with Crippen LogP contribution in [0.2, 0.25) is 0 Å². The van der Waals surface area contributed by atoms with Crippen LogP contribution in [-0.2, 0) is 6.54 Å². The lowest BCUT2D eigenvalue weighted by molar-refractivity contribution is 0.583. The lowest BCUT2D eigenvalue weighted by atomic mass is 10.3. The van der Waals surface area contributed by atoms with Crippen molar-refractivity contribution in [3.63, 3.8) is 0 Å². The minimum atomic E-state index is 0.492. The molecule has 2 rings (SSSR count). The monoisotopic (exact) mass is 194 g/mol. The SMILES string of the molecule is Cc1nc(CN)sc1-c1ccco1. The molecule has 68 valence electrons. The van der Waals surface area contributed by atoms with Gasteiger partial charge in [-0.1, -0.05) is 0 Å². The summed E-state index contributed by atoms with van der Waals surface area (Å²) < 4.78 is 5.29. The molecule has 4 heteroatoms. The summed E-state index contributed by atoms with van der Waals surface area (Å²) in [7, 11) is 0. The first kappa shape index (κ1) is 8.47. The van der Waals surface area contributed by atoms with E-state index in [2.05, 4.69) is 4.98 Å². The van der Waals surface area contributed by atoms with Crippen molar-refractivity contribution in [2.24, 2.45) is 5.73 Å². The summed E-state index contributed by atoms with van der Waals surface area (Å²) in [5, 5.41) is 0.948. The third-order valence-corrected chi connectivity index (χ3v) is 2.95. The third-order valence-electron chi connectivity index (χ3n) is 1.76. The maximum Gasteiger partial charge on any atom is 0.145 e. The van der Waals surface area contributed by atoms with Gasteiger partial charge in [0.2, 0.25) is 0 Å². The normalized spacial score (nSPS) is 10.6. The second-order valence-electron chi connectivity index (χ2n) is 2.70. The summed E-state index contributed by atoms with van der Waals surface area (Å²) in [6.07, 6.45) is 1.66. The molecule has 0 fully saturated rings. The summed E-state index contributed by atoms with van der Waals surface area (Å²) in [5.41, 5.74) is 6.49. The van der Waals surface area contributed by atoms with Gasteiger partial charge in [0, 0.05) is 6.54 Å². The summed E-state index contributed by atoms with van der Waals surface area (Å²) in [6.45, 7) is 2.46. The first-order valence-electron chi connectivity index (χ1n) is 4.01. The van der Waals surface area contributed by atoms with Crippen molar-refractivity contribution in [1.82, 2.24) is 4.98 Å². The number of aromatic nitrogens is 1. The lowest BCUT2D eigenvalue weighted by Crippen LogP contribution is -1.94. The number of aryl methyl sites for hydroxylation is 1. The van der Waals surface area contributed by atoms with Gasteiger partial charge in [-0.2, -0.15) is 0 Å². The first-order valence-corrected chi connectivity index (χ1v) is 4.83. The zero-order valence-electron chi connectivity index (χ0n) is 7.28. The number of hydrogen-bond acceptors (Lipinski definition) is 4. The fourth-order valence-corrected chi connectivity index (χ4v) is 2.09. The van der Waals surface area contributed by atoms with Gasteiger partial charge in [-0.25, -0.2) is 4.98 Å². The van der Waals surface area contributed by atoms with Crippen LogP contribution in [0.25, 0.3) is 10.6 Å². The van der Waals surface area contributed by atoms with Crippen molar-refractivity contribution in [1.29, 1.82) is 0 Å². The standard InChI is InChI=1S/C9H10N2OS/c1-6-9(7-3-2-4-12-7)13-8(5-10)11-6/h2-4H,5,10H2,1H3. The Morgan fingerprint density at radius 2 is 2.46 bits per heavy atom. The number of nitrogens with two attached hydrogens (primary N) is 1. The zero-order valence-corrected chi connectivity index (χ0v) is 8.10. The summed E-state index contributed by atoms with van der Waals surface area (Å²) in [6, 6.07) is 3.80. The number of furan rings is 1. The van der Waals surface area contributed by atoms with Crippen LogP contribution in [0.4, 0.5) is 0 Å². The van der Waals surface area contributed by atoms with E-state index in [1.807, 2.05) is 19.1 Å². The van der Waals surface area contributed by atoms with Gasteiger partial charge in [-0.05, 0) is 19.1 Å². The summed E-state index contributed by atoms with van der Waals surface area (Å²) in [4.78, 5) is 5.39. The molecule has 3 nitrogen and oxygen atoms in total. The molecule has 0 spiro atoms. The van der Waals surface area contributed by atoms with Crippen molar-refractivity contribution in [2.45, 2.75) is 13.5 Å². The molecule has 0 atom stereocenters. The second kappa shape index (κ2) is 3.32. The zero-order chi connectivity index (χ0) is 9.26. The van der Waals surface area contributed by atoms with Crippen molar-refractivity contribution in [3.8, 4) is 10.6 Å². The highest BCUT2D eigenvalue weighted by atomic mass is 32.1.